The molecule has 0 aromatic carbocycles. The lowest BCUT2D eigenvalue weighted by atomic mass is 9.71. The number of rotatable bonds is 5. The lowest BCUT2D eigenvalue weighted by molar-refractivity contribution is -0.340. The molecule has 0 aromatic rings. The van der Waals surface area contributed by atoms with E-state index in [-0.39, 0.29) is 37.6 Å². The van der Waals surface area contributed by atoms with Crippen molar-refractivity contribution < 1.29 is 43.4 Å². The molecule has 2 N–H and O–H groups in total. The number of allylic oxidation sites excluding steroid dienone is 2. The number of aliphatic hydroxyl groups is 2. The molecule has 0 aromatic heterocycles. The number of fused-ring (bicyclic) bond motifs is 2. The molecular formula is C36H54O9. The van der Waals surface area contributed by atoms with Crippen LogP contribution < -0.4 is 0 Å². The number of hydrogen-bond acceptors (Lipinski definition) is 9. The third kappa shape index (κ3) is 6.91. The van der Waals surface area contributed by atoms with E-state index >= 15 is 0 Å². The number of ether oxygens (including phenoxy) is 6. The number of hydrogen-bond donors (Lipinski definition) is 2. The van der Waals surface area contributed by atoms with Crippen LogP contribution >= 0.6 is 0 Å². The average molecular weight is 631 g/mol. The van der Waals surface area contributed by atoms with Gasteiger partial charge in [-0.05, 0) is 55.2 Å². The van der Waals surface area contributed by atoms with Crippen LogP contribution in [-0.2, 0) is 33.2 Å². The van der Waals surface area contributed by atoms with Crippen LogP contribution in [0.4, 0.5) is 0 Å². The summed E-state index contributed by atoms with van der Waals surface area (Å²) in [5, 5.41) is 23.2. The first-order valence-electron chi connectivity index (χ1n) is 16.8. The first-order chi connectivity index (χ1) is 21.4. The molecule has 4 heterocycles. The molecule has 0 amide bonds. The lowest BCUT2D eigenvalue weighted by Crippen LogP contribution is -2.58. The summed E-state index contributed by atoms with van der Waals surface area (Å²) in [6.45, 7) is 12.8. The van der Waals surface area contributed by atoms with Gasteiger partial charge >= 0.3 is 5.97 Å². The molecule has 0 radical (unpaired) electrons. The Morgan fingerprint density at radius 3 is 2.67 bits per heavy atom. The Morgan fingerprint density at radius 2 is 1.93 bits per heavy atom. The zero-order valence-corrected chi connectivity index (χ0v) is 28.1. The highest BCUT2D eigenvalue weighted by Crippen LogP contribution is 2.48. The topological polar surface area (TPSA) is 113 Å². The number of methoxy groups -OCH3 is 1. The smallest absolute Gasteiger partial charge is 0.316 e. The standard InChI is InChI=1S/C36H54O9/c1-8-21(2)32-24(5)14-15-35(45-32)18-28-17-27(44-35)13-12-23(4)31(42-20-40-7)22(3)10-9-11-26-19-41-33-30(37)25(6)16-29(34(38)43-28)36(26,33)39/h9-12,16,21-22,24,27-33,37,39H,8,13-15,17-20H2,1-7H3/b10-9+,23-12+,26-11+/t21?,22?,24?,27?,28?,29-,30+,31+,32?,33?,35+,36?/m0/s1. The molecule has 9 heteroatoms. The number of carbonyl (C=O) groups is 1. The van der Waals surface area contributed by atoms with Gasteiger partial charge in [-0.3, -0.25) is 4.79 Å². The fraction of sp³-hybridized carbons (Fsp3) is 0.750. The second kappa shape index (κ2) is 14.1. The van der Waals surface area contributed by atoms with E-state index < -0.39 is 41.6 Å². The Kier molecular flexibility index (Phi) is 10.8. The fourth-order valence-electron chi connectivity index (χ4n) is 7.97. The van der Waals surface area contributed by atoms with Crippen LogP contribution in [0, 0.1) is 23.7 Å². The van der Waals surface area contributed by atoms with Gasteiger partial charge < -0.3 is 38.6 Å². The fourth-order valence-corrected chi connectivity index (χ4v) is 7.97. The van der Waals surface area contributed by atoms with Gasteiger partial charge in [-0.1, -0.05) is 64.5 Å². The van der Waals surface area contributed by atoms with Crippen molar-refractivity contribution in [1.82, 2.24) is 0 Å². The minimum absolute atomic E-state index is 0.0282. The van der Waals surface area contributed by atoms with Crippen LogP contribution in [0.25, 0.3) is 0 Å². The molecule has 3 fully saturated rings. The largest absolute Gasteiger partial charge is 0.462 e. The van der Waals surface area contributed by atoms with Crippen molar-refractivity contribution in [1.29, 1.82) is 0 Å². The predicted molar refractivity (Wildman–Crippen MR) is 169 cm³/mol. The molecule has 3 saturated heterocycles. The van der Waals surface area contributed by atoms with Crippen molar-refractivity contribution in [2.75, 3.05) is 20.5 Å². The van der Waals surface area contributed by atoms with Crippen LogP contribution in [0.15, 0.2) is 47.1 Å². The van der Waals surface area contributed by atoms with Gasteiger partial charge in [-0.15, -0.1) is 0 Å². The van der Waals surface area contributed by atoms with E-state index in [0.717, 1.165) is 24.8 Å². The molecule has 0 saturated carbocycles. The Hall–Kier alpha value is -1.85. The summed E-state index contributed by atoms with van der Waals surface area (Å²) >= 11 is 0. The highest BCUT2D eigenvalue weighted by atomic mass is 16.7. The van der Waals surface area contributed by atoms with Gasteiger partial charge in [0.2, 0.25) is 0 Å². The Balaban J connectivity index is 1.54. The summed E-state index contributed by atoms with van der Waals surface area (Å²) in [7, 11) is 1.61. The molecule has 252 valence electrons. The van der Waals surface area contributed by atoms with Crippen LogP contribution in [-0.4, -0.2) is 84.7 Å². The zero-order chi connectivity index (χ0) is 32.5. The molecule has 5 rings (SSSR count). The van der Waals surface area contributed by atoms with E-state index in [9.17, 15) is 15.0 Å². The quantitative estimate of drug-likeness (QED) is 0.242. The molecule has 2 bridgehead atoms. The minimum atomic E-state index is -1.75. The summed E-state index contributed by atoms with van der Waals surface area (Å²) in [5.74, 6) is -1.69. The average Bonchev–Trinajstić information content (AvgIpc) is 3.35. The third-order valence-electron chi connectivity index (χ3n) is 10.8. The highest BCUT2D eigenvalue weighted by Gasteiger charge is 2.60. The minimum Gasteiger partial charge on any atom is -0.462 e. The Morgan fingerprint density at radius 1 is 1.16 bits per heavy atom. The molecule has 1 spiro atoms. The van der Waals surface area contributed by atoms with Gasteiger partial charge in [0.05, 0.1) is 24.9 Å². The van der Waals surface area contributed by atoms with E-state index in [4.69, 9.17) is 28.4 Å². The molecule has 9 nitrogen and oxygen atoms in total. The second-order valence-electron chi connectivity index (χ2n) is 14.1. The van der Waals surface area contributed by atoms with E-state index in [1.165, 1.54) is 0 Å². The SMILES string of the molecule is CCC(C)C1O[C@]2(CCC1C)CC1CC(C/C=C(\C)[C@H](OCOC)C(C)/C=C/C=C3\COC4[C@H](O)C(C)=C[C@@H](C(=O)O1)C34O)O2. The number of esters is 1. The third-order valence-corrected chi connectivity index (χ3v) is 10.8. The van der Waals surface area contributed by atoms with Crippen LogP contribution in [0.5, 0.6) is 0 Å². The van der Waals surface area contributed by atoms with Crippen LogP contribution in [0.3, 0.4) is 0 Å². The maximum Gasteiger partial charge on any atom is 0.316 e. The summed E-state index contributed by atoms with van der Waals surface area (Å²) in [4.78, 5) is 14.1. The molecule has 1 aliphatic carbocycles. The van der Waals surface area contributed by atoms with Crippen LogP contribution in [0.1, 0.15) is 80.1 Å². The van der Waals surface area contributed by atoms with Gasteiger partial charge in [-0.25, -0.2) is 0 Å². The lowest BCUT2D eigenvalue weighted by Gasteiger charge is -2.51. The maximum atomic E-state index is 14.1. The molecular weight excluding hydrogens is 576 g/mol. The normalized spacial score (nSPS) is 46.2. The van der Waals surface area contributed by atoms with Gasteiger partial charge in [0.15, 0.2) is 5.79 Å². The van der Waals surface area contributed by atoms with Crippen LogP contribution in [0.2, 0.25) is 0 Å². The summed E-state index contributed by atoms with van der Waals surface area (Å²) < 4.78 is 37.4. The van der Waals surface area contributed by atoms with E-state index in [0.29, 0.717) is 42.2 Å². The van der Waals surface area contributed by atoms with Gasteiger partial charge in [0, 0.05) is 32.3 Å². The molecule has 5 aliphatic rings. The Bertz CT molecular complexity index is 1190. The first kappa shape index (κ1) is 34.5. The van der Waals surface area contributed by atoms with Crippen molar-refractivity contribution >= 4 is 5.97 Å². The van der Waals surface area contributed by atoms with Crippen molar-refractivity contribution in [3.05, 3.63) is 47.1 Å². The molecule has 4 aliphatic heterocycles. The predicted octanol–water partition coefficient (Wildman–Crippen LogP) is 5.16. The van der Waals surface area contributed by atoms with E-state index in [1.807, 2.05) is 12.2 Å². The number of aliphatic hydroxyl groups excluding tert-OH is 1. The Labute approximate surface area is 268 Å². The monoisotopic (exact) mass is 630 g/mol. The molecule has 45 heavy (non-hydrogen) atoms. The van der Waals surface area contributed by atoms with Gasteiger partial charge in [0.25, 0.3) is 0 Å². The molecule has 12 atom stereocenters. The zero-order valence-electron chi connectivity index (χ0n) is 28.1. The highest BCUT2D eigenvalue weighted by molar-refractivity contribution is 5.78. The maximum absolute atomic E-state index is 14.1. The second-order valence-corrected chi connectivity index (χ2v) is 14.1. The summed E-state index contributed by atoms with van der Waals surface area (Å²) in [6, 6.07) is 0. The van der Waals surface area contributed by atoms with E-state index in [1.54, 1.807) is 26.2 Å². The van der Waals surface area contributed by atoms with Crippen molar-refractivity contribution in [3.8, 4) is 0 Å². The number of carbonyl (C=O) groups excluding carboxylic acids is 1. The molecule has 8 unspecified atom stereocenters. The van der Waals surface area contributed by atoms with Crippen molar-refractivity contribution in [2.45, 2.75) is 128 Å². The van der Waals surface area contributed by atoms with Crippen molar-refractivity contribution in [2.24, 2.45) is 23.7 Å². The first-order valence-corrected chi connectivity index (χ1v) is 16.8. The summed E-state index contributed by atoms with van der Waals surface area (Å²) in [6.07, 6.45) is 10.8. The van der Waals surface area contributed by atoms with Gasteiger partial charge in [-0.2, -0.15) is 0 Å². The summed E-state index contributed by atoms with van der Waals surface area (Å²) in [5.41, 5.74) is 0.405. The van der Waals surface area contributed by atoms with E-state index in [2.05, 4.69) is 40.7 Å². The van der Waals surface area contributed by atoms with Gasteiger partial charge in [0.1, 0.15) is 36.6 Å². The van der Waals surface area contributed by atoms with Crippen molar-refractivity contribution in [3.63, 3.8) is 0 Å².